The van der Waals surface area contributed by atoms with E-state index in [0.717, 1.165) is 0 Å². The second-order valence-corrected chi connectivity index (χ2v) is 4.50. The van der Waals surface area contributed by atoms with Crippen molar-refractivity contribution < 1.29 is 9.18 Å². The van der Waals surface area contributed by atoms with E-state index in [9.17, 15) is 9.18 Å². The van der Waals surface area contributed by atoms with Gasteiger partial charge in [0.25, 0.3) is 0 Å². The van der Waals surface area contributed by atoms with Crippen molar-refractivity contribution in [1.82, 2.24) is 5.32 Å². The standard InChI is InChI=1S/C15H16FN3O/c1-10(11-4-2-5-12(16)8-11)18-15(20)19-14-7-3-6-13(17)9-14/h2-10H,17H2,1H3,(H2,18,19,20). The van der Waals surface area contributed by atoms with E-state index in [-0.39, 0.29) is 17.9 Å². The molecule has 0 saturated heterocycles. The molecule has 0 saturated carbocycles. The molecule has 0 aromatic heterocycles. The Morgan fingerprint density at radius 3 is 2.65 bits per heavy atom. The van der Waals surface area contributed by atoms with Gasteiger partial charge in [-0.2, -0.15) is 0 Å². The summed E-state index contributed by atoms with van der Waals surface area (Å²) in [4.78, 5) is 11.8. The van der Waals surface area contributed by atoms with Crippen molar-refractivity contribution in [3.8, 4) is 0 Å². The molecule has 5 heteroatoms. The van der Waals surface area contributed by atoms with E-state index in [4.69, 9.17) is 5.73 Å². The van der Waals surface area contributed by atoms with E-state index in [2.05, 4.69) is 10.6 Å². The highest BCUT2D eigenvalue weighted by Gasteiger charge is 2.10. The maximum absolute atomic E-state index is 13.1. The predicted octanol–water partition coefficient (Wildman–Crippen LogP) is 3.29. The molecule has 20 heavy (non-hydrogen) atoms. The van der Waals surface area contributed by atoms with E-state index in [1.807, 2.05) is 0 Å². The fraction of sp³-hybridized carbons (Fsp3) is 0.133. The predicted molar refractivity (Wildman–Crippen MR) is 77.8 cm³/mol. The number of urea groups is 1. The lowest BCUT2D eigenvalue weighted by Gasteiger charge is -2.15. The summed E-state index contributed by atoms with van der Waals surface area (Å²) in [6.45, 7) is 1.79. The normalized spacial score (nSPS) is 11.7. The lowest BCUT2D eigenvalue weighted by Crippen LogP contribution is -2.31. The molecule has 0 spiro atoms. The van der Waals surface area contributed by atoms with Crippen LogP contribution >= 0.6 is 0 Å². The van der Waals surface area contributed by atoms with E-state index in [0.29, 0.717) is 16.9 Å². The molecule has 1 unspecified atom stereocenters. The first-order chi connectivity index (χ1) is 9.54. The number of carbonyl (C=O) groups is 1. The van der Waals surface area contributed by atoms with Gasteiger partial charge in [-0.05, 0) is 42.8 Å². The summed E-state index contributed by atoms with van der Waals surface area (Å²) in [6, 6.07) is 12.3. The molecule has 0 heterocycles. The third-order valence-corrected chi connectivity index (χ3v) is 2.84. The van der Waals surface area contributed by atoms with Gasteiger partial charge in [0, 0.05) is 11.4 Å². The van der Waals surface area contributed by atoms with Crippen LogP contribution in [0.1, 0.15) is 18.5 Å². The third kappa shape index (κ3) is 3.71. The van der Waals surface area contributed by atoms with Gasteiger partial charge in [0.1, 0.15) is 5.82 Å². The van der Waals surface area contributed by atoms with Crippen molar-refractivity contribution in [3.05, 3.63) is 59.9 Å². The largest absolute Gasteiger partial charge is 0.399 e. The number of nitrogen functional groups attached to an aromatic ring is 1. The van der Waals surface area contributed by atoms with E-state index in [1.54, 1.807) is 43.3 Å². The molecule has 0 fully saturated rings. The third-order valence-electron chi connectivity index (χ3n) is 2.84. The zero-order valence-corrected chi connectivity index (χ0v) is 11.1. The molecule has 0 bridgehead atoms. The molecule has 0 aliphatic heterocycles. The van der Waals surface area contributed by atoms with Crippen molar-refractivity contribution in [2.45, 2.75) is 13.0 Å². The Balaban J connectivity index is 1.97. The molecule has 2 amide bonds. The monoisotopic (exact) mass is 273 g/mol. The molecule has 2 rings (SSSR count). The molecule has 1 atom stereocenters. The van der Waals surface area contributed by atoms with Gasteiger partial charge in [-0.3, -0.25) is 0 Å². The Bertz CT molecular complexity index is 616. The summed E-state index contributed by atoms with van der Waals surface area (Å²) in [5.41, 5.74) is 7.51. The highest BCUT2D eigenvalue weighted by atomic mass is 19.1. The van der Waals surface area contributed by atoms with Crippen LogP contribution in [-0.2, 0) is 0 Å². The van der Waals surface area contributed by atoms with Crippen molar-refractivity contribution >= 4 is 17.4 Å². The maximum atomic E-state index is 13.1. The maximum Gasteiger partial charge on any atom is 0.319 e. The van der Waals surface area contributed by atoms with Gasteiger partial charge in [-0.1, -0.05) is 18.2 Å². The average Bonchev–Trinajstić information content (AvgIpc) is 2.38. The van der Waals surface area contributed by atoms with Crippen LogP contribution in [0.15, 0.2) is 48.5 Å². The topological polar surface area (TPSA) is 67.2 Å². The molecule has 4 nitrogen and oxygen atoms in total. The summed E-state index contributed by atoms with van der Waals surface area (Å²) in [6.07, 6.45) is 0. The minimum absolute atomic E-state index is 0.299. The molecule has 104 valence electrons. The minimum Gasteiger partial charge on any atom is -0.399 e. The smallest absolute Gasteiger partial charge is 0.319 e. The van der Waals surface area contributed by atoms with Crippen LogP contribution in [0.25, 0.3) is 0 Å². The fourth-order valence-corrected chi connectivity index (χ4v) is 1.84. The Morgan fingerprint density at radius 2 is 1.95 bits per heavy atom. The van der Waals surface area contributed by atoms with Crippen LogP contribution in [0.3, 0.4) is 0 Å². The van der Waals surface area contributed by atoms with Gasteiger partial charge >= 0.3 is 6.03 Å². The molecular weight excluding hydrogens is 257 g/mol. The van der Waals surface area contributed by atoms with E-state index < -0.39 is 0 Å². The van der Waals surface area contributed by atoms with Crippen molar-refractivity contribution in [2.24, 2.45) is 0 Å². The highest BCUT2D eigenvalue weighted by Crippen LogP contribution is 2.15. The summed E-state index contributed by atoms with van der Waals surface area (Å²) in [5, 5.41) is 5.41. The molecule has 0 radical (unpaired) electrons. The number of anilines is 2. The number of benzene rings is 2. The van der Waals surface area contributed by atoms with Gasteiger partial charge < -0.3 is 16.4 Å². The van der Waals surface area contributed by atoms with Gasteiger partial charge in [0.2, 0.25) is 0 Å². The van der Waals surface area contributed by atoms with Crippen LogP contribution in [0.4, 0.5) is 20.6 Å². The summed E-state index contributed by atoms with van der Waals surface area (Å²) >= 11 is 0. The number of rotatable bonds is 3. The second-order valence-electron chi connectivity index (χ2n) is 4.50. The number of nitrogens with one attached hydrogen (secondary N) is 2. The first-order valence-electron chi connectivity index (χ1n) is 6.23. The minimum atomic E-state index is -0.368. The van der Waals surface area contributed by atoms with Crippen LogP contribution in [0.2, 0.25) is 0 Å². The first kappa shape index (κ1) is 13.9. The molecule has 2 aromatic carbocycles. The van der Waals surface area contributed by atoms with Gasteiger partial charge in [0.05, 0.1) is 6.04 Å². The lowest BCUT2D eigenvalue weighted by molar-refractivity contribution is 0.249. The number of hydrogen-bond donors (Lipinski definition) is 3. The van der Waals surface area contributed by atoms with Crippen molar-refractivity contribution in [2.75, 3.05) is 11.1 Å². The summed E-state index contributed by atoms with van der Waals surface area (Å²) in [5.74, 6) is -0.326. The van der Waals surface area contributed by atoms with Gasteiger partial charge in [-0.25, -0.2) is 9.18 Å². The Hall–Kier alpha value is -2.56. The van der Waals surface area contributed by atoms with Crippen molar-refractivity contribution in [3.63, 3.8) is 0 Å². The van der Waals surface area contributed by atoms with Crippen LogP contribution < -0.4 is 16.4 Å². The number of amides is 2. The molecular formula is C15H16FN3O. The molecule has 4 N–H and O–H groups in total. The van der Waals surface area contributed by atoms with Crippen LogP contribution in [-0.4, -0.2) is 6.03 Å². The lowest BCUT2D eigenvalue weighted by atomic mass is 10.1. The highest BCUT2D eigenvalue weighted by molar-refractivity contribution is 5.89. The van der Waals surface area contributed by atoms with Gasteiger partial charge in [-0.15, -0.1) is 0 Å². The molecule has 2 aromatic rings. The number of halogens is 1. The van der Waals surface area contributed by atoms with Crippen molar-refractivity contribution in [1.29, 1.82) is 0 Å². The number of hydrogen-bond acceptors (Lipinski definition) is 2. The van der Waals surface area contributed by atoms with E-state index >= 15 is 0 Å². The Morgan fingerprint density at radius 1 is 1.20 bits per heavy atom. The zero-order valence-electron chi connectivity index (χ0n) is 11.1. The zero-order chi connectivity index (χ0) is 14.5. The summed E-state index contributed by atoms with van der Waals surface area (Å²) in [7, 11) is 0. The number of nitrogens with two attached hydrogens (primary N) is 1. The van der Waals surface area contributed by atoms with E-state index in [1.165, 1.54) is 12.1 Å². The Kier molecular flexibility index (Phi) is 4.20. The first-order valence-corrected chi connectivity index (χ1v) is 6.23. The fourth-order valence-electron chi connectivity index (χ4n) is 1.84. The second kappa shape index (κ2) is 6.06. The quantitative estimate of drug-likeness (QED) is 0.751. The molecule has 0 aliphatic carbocycles. The summed E-state index contributed by atoms with van der Waals surface area (Å²) < 4.78 is 13.1. The number of carbonyl (C=O) groups excluding carboxylic acids is 1. The Labute approximate surface area is 116 Å². The van der Waals surface area contributed by atoms with Crippen LogP contribution in [0.5, 0.6) is 0 Å². The molecule has 0 aliphatic rings. The van der Waals surface area contributed by atoms with Gasteiger partial charge in [0.15, 0.2) is 0 Å². The SMILES string of the molecule is CC(NC(=O)Nc1cccc(N)c1)c1cccc(F)c1. The van der Waals surface area contributed by atoms with Crippen LogP contribution in [0, 0.1) is 5.82 Å². The average molecular weight is 273 g/mol.